The number of anilines is 1. The Labute approximate surface area is 159 Å². The van der Waals surface area contributed by atoms with E-state index in [1.54, 1.807) is 36.4 Å². The van der Waals surface area contributed by atoms with Crippen LogP contribution < -0.4 is 20.3 Å². The fraction of sp³-hybridized carbons (Fsp3) is 0.150. The molecule has 0 saturated carbocycles. The van der Waals surface area contributed by atoms with Gasteiger partial charge >= 0.3 is 0 Å². The average Bonchev–Trinajstić information content (AvgIpc) is 2.70. The second-order valence-electron chi connectivity index (χ2n) is 6.10. The summed E-state index contributed by atoms with van der Waals surface area (Å²) < 4.78 is 25.9. The maximum absolute atomic E-state index is 14.0. The van der Waals surface area contributed by atoms with Gasteiger partial charge in [-0.3, -0.25) is 9.59 Å². The van der Waals surface area contributed by atoms with Crippen LogP contribution in [0.15, 0.2) is 59.4 Å². The van der Waals surface area contributed by atoms with Crippen molar-refractivity contribution in [2.75, 3.05) is 18.5 Å². The first-order chi connectivity index (χ1) is 13.6. The van der Waals surface area contributed by atoms with Gasteiger partial charge in [0.2, 0.25) is 5.91 Å². The molecule has 7 nitrogen and oxygen atoms in total. The molecule has 142 valence electrons. The van der Waals surface area contributed by atoms with Crippen LogP contribution in [0.4, 0.5) is 10.1 Å². The van der Waals surface area contributed by atoms with Gasteiger partial charge in [0, 0.05) is 23.4 Å². The van der Waals surface area contributed by atoms with E-state index in [-0.39, 0.29) is 17.8 Å². The first-order valence-corrected chi connectivity index (χ1v) is 8.63. The summed E-state index contributed by atoms with van der Waals surface area (Å²) >= 11 is 0. The van der Waals surface area contributed by atoms with E-state index in [4.69, 9.17) is 9.47 Å². The van der Waals surface area contributed by atoms with E-state index in [0.717, 1.165) is 4.68 Å². The normalized spacial score (nSPS) is 12.5. The molecule has 8 heteroatoms. The molecule has 1 N–H and O–H groups in total. The molecule has 0 unspecified atom stereocenters. The van der Waals surface area contributed by atoms with E-state index >= 15 is 0 Å². The summed E-state index contributed by atoms with van der Waals surface area (Å²) in [6.07, 6.45) is 0. The van der Waals surface area contributed by atoms with Gasteiger partial charge < -0.3 is 14.8 Å². The lowest BCUT2D eigenvalue weighted by Gasteiger charge is -2.19. The molecule has 28 heavy (non-hydrogen) atoms. The molecule has 2 aromatic carbocycles. The van der Waals surface area contributed by atoms with Gasteiger partial charge in [0.25, 0.3) is 5.56 Å². The Morgan fingerprint density at radius 2 is 1.86 bits per heavy atom. The summed E-state index contributed by atoms with van der Waals surface area (Å²) in [4.78, 5) is 24.4. The molecule has 0 atom stereocenters. The van der Waals surface area contributed by atoms with Crippen molar-refractivity contribution in [3.05, 3.63) is 70.8 Å². The number of nitrogens with zero attached hydrogens (tertiary/aromatic N) is 2. The van der Waals surface area contributed by atoms with Crippen molar-refractivity contribution >= 4 is 11.6 Å². The third-order valence-electron chi connectivity index (χ3n) is 4.14. The Balaban J connectivity index is 1.52. The lowest BCUT2D eigenvalue weighted by atomic mass is 10.1. The highest BCUT2D eigenvalue weighted by molar-refractivity contribution is 5.90. The summed E-state index contributed by atoms with van der Waals surface area (Å²) in [5.41, 5.74) is 0.568. The van der Waals surface area contributed by atoms with Crippen molar-refractivity contribution in [2.24, 2.45) is 0 Å². The largest absolute Gasteiger partial charge is 0.486 e. The number of amides is 1. The van der Waals surface area contributed by atoms with Crippen LogP contribution in [-0.2, 0) is 11.3 Å². The van der Waals surface area contributed by atoms with E-state index in [1.807, 2.05) is 0 Å². The number of fused-ring (bicyclic) bond motifs is 1. The first-order valence-electron chi connectivity index (χ1n) is 8.63. The highest BCUT2D eigenvalue weighted by Crippen LogP contribution is 2.32. The van der Waals surface area contributed by atoms with Crippen molar-refractivity contribution in [1.29, 1.82) is 0 Å². The summed E-state index contributed by atoms with van der Waals surface area (Å²) in [6.45, 7) is 0.605. The molecular weight excluding hydrogens is 365 g/mol. The molecule has 1 amide bonds. The van der Waals surface area contributed by atoms with E-state index < -0.39 is 17.3 Å². The van der Waals surface area contributed by atoms with Crippen LogP contribution in [0.25, 0.3) is 11.3 Å². The number of hydrogen-bond acceptors (Lipinski definition) is 5. The van der Waals surface area contributed by atoms with Gasteiger partial charge in [0.15, 0.2) is 11.5 Å². The zero-order valence-electron chi connectivity index (χ0n) is 14.7. The predicted molar refractivity (Wildman–Crippen MR) is 100.0 cm³/mol. The zero-order valence-corrected chi connectivity index (χ0v) is 14.7. The van der Waals surface area contributed by atoms with Crippen LogP contribution in [0.3, 0.4) is 0 Å². The van der Waals surface area contributed by atoms with E-state index in [0.29, 0.717) is 30.4 Å². The van der Waals surface area contributed by atoms with Gasteiger partial charge in [-0.15, -0.1) is 0 Å². The van der Waals surface area contributed by atoms with Crippen molar-refractivity contribution in [2.45, 2.75) is 6.54 Å². The lowest BCUT2D eigenvalue weighted by molar-refractivity contribution is -0.117. The van der Waals surface area contributed by atoms with Crippen LogP contribution in [0.5, 0.6) is 11.5 Å². The van der Waals surface area contributed by atoms with E-state index in [1.165, 1.54) is 18.2 Å². The summed E-state index contributed by atoms with van der Waals surface area (Å²) in [5, 5.41) is 6.80. The molecule has 2 heterocycles. The van der Waals surface area contributed by atoms with Gasteiger partial charge in [-0.2, -0.15) is 5.10 Å². The molecular formula is C20H16FN3O4. The number of ether oxygens (including phenoxy) is 2. The number of hydrogen-bond donors (Lipinski definition) is 1. The highest BCUT2D eigenvalue weighted by atomic mass is 19.1. The Morgan fingerprint density at radius 1 is 1.07 bits per heavy atom. The Kier molecular flexibility index (Phi) is 4.76. The number of aromatic nitrogens is 2. The number of nitrogens with one attached hydrogen (secondary N) is 1. The van der Waals surface area contributed by atoms with Crippen LogP contribution in [0.2, 0.25) is 0 Å². The summed E-state index contributed by atoms with van der Waals surface area (Å²) in [5.74, 6) is 0.249. The van der Waals surface area contributed by atoms with Gasteiger partial charge in [0.05, 0.1) is 5.69 Å². The molecule has 1 aliphatic rings. The quantitative estimate of drug-likeness (QED) is 0.751. The Bertz CT molecular complexity index is 1100. The number of halogens is 1. The fourth-order valence-corrected chi connectivity index (χ4v) is 2.83. The molecule has 0 spiro atoms. The molecule has 3 aromatic rings. The van der Waals surface area contributed by atoms with Gasteiger partial charge in [0.1, 0.15) is 25.6 Å². The van der Waals surface area contributed by atoms with Gasteiger partial charge in [-0.25, -0.2) is 9.07 Å². The monoisotopic (exact) mass is 381 g/mol. The topological polar surface area (TPSA) is 82.5 Å². The van der Waals surface area contributed by atoms with E-state index in [9.17, 15) is 14.0 Å². The standard InChI is InChI=1S/C20H16FN3O4/c21-15-4-2-1-3-14(15)16-6-8-20(26)24(23-16)12-19(25)22-13-5-7-17-18(11-13)28-10-9-27-17/h1-8,11H,9-10,12H2,(H,22,25). The number of carbonyl (C=O) groups excluding carboxylic acids is 1. The minimum absolute atomic E-state index is 0.253. The van der Waals surface area contributed by atoms with Crippen molar-refractivity contribution in [3.8, 4) is 22.8 Å². The summed E-state index contributed by atoms with van der Waals surface area (Å²) in [7, 11) is 0. The number of rotatable bonds is 4. The van der Waals surface area contributed by atoms with E-state index in [2.05, 4.69) is 10.4 Å². The highest BCUT2D eigenvalue weighted by Gasteiger charge is 2.14. The smallest absolute Gasteiger partial charge is 0.267 e. The summed E-state index contributed by atoms with van der Waals surface area (Å²) in [6, 6.07) is 13.8. The number of benzene rings is 2. The minimum atomic E-state index is -0.461. The van der Waals surface area contributed by atoms with Crippen LogP contribution >= 0.6 is 0 Å². The van der Waals surface area contributed by atoms with Crippen molar-refractivity contribution < 1.29 is 18.7 Å². The fourth-order valence-electron chi connectivity index (χ4n) is 2.83. The molecule has 0 radical (unpaired) electrons. The molecule has 4 rings (SSSR count). The van der Waals surface area contributed by atoms with Gasteiger partial charge in [-0.05, 0) is 30.3 Å². The van der Waals surface area contributed by atoms with Crippen LogP contribution in [0, 0.1) is 5.82 Å². The van der Waals surface area contributed by atoms with Gasteiger partial charge in [-0.1, -0.05) is 12.1 Å². The molecule has 0 aliphatic carbocycles. The zero-order chi connectivity index (χ0) is 19.5. The molecule has 1 aliphatic heterocycles. The third kappa shape index (κ3) is 3.71. The number of carbonyl (C=O) groups is 1. The molecule has 0 bridgehead atoms. The van der Waals surface area contributed by atoms with Crippen molar-refractivity contribution in [3.63, 3.8) is 0 Å². The maximum Gasteiger partial charge on any atom is 0.267 e. The Hall–Kier alpha value is -3.68. The molecule has 1 aromatic heterocycles. The average molecular weight is 381 g/mol. The SMILES string of the molecule is O=C(Cn1nc(-c2ccccc2F)ccc1=O)Nc1ccc2c(c1)OCCO2. The molecule has 0 saturated heterocycles. The second-order valence-corrected chi connectivity index (χ2v) is 6.10. The van der Waals surface area contributed by atoms with Crippen molar-refractivity contribution in [1.82, 2.24) is 9.78 Å². The third-order valence-corrected chi connectivity index (χ3v) is 4.14. The molecule has 0 fully saturated rings. The van der Waals surface area contributed by atoms with Crippen LogP contribution in [0.1, 0.15) is 0 Å². The predicted octanol–water partition coefficient (Wildman–Crippen LogP) is 2.46. The first kappa shape index (κ1) is 17.7. The minimum Gasteiger partial charge on any atom is -0.486 e. The maximum atomic E-state index is 14.0. The second kappa shape index (κ2) is 7.51. The van der Waals surface area contributed by atoms with Crippen LogP contribution in [-0.4, -0.2) is 28.9 Å². The Morgan fingerprint density at radius 3 is 2.68 bits per heavy atom. The lowest BCUT2D eigenvalue weighted by Crippen LogP contribution is -2.29.